The standard InChI is InChI=1S/C15H20F3N3O3S/c16-15(17,18)11-2-1-8-21(10-11)9-7-14(22)20-12-3-5-13(6-4-12)25(19,23)24/h3-6,11H,1-2,7-10H2,(H,20,22)(H2,19,23,24)/t11-/m0/s1. The second-order valence-corrected chi connectivity index (χ2v) is 7.61. The number of hydrogen-bond donors (Lipinski definition) is 2. The maximum absolute atomic E-state index is 12.8. The topological polar surface area (TPSA) is 92.5 Å². The summed E-state index contributed by atoms with van der Waals surface area (Å²) in [5.74, 6) is -1.69. The van der Waals surface area contributed by atoms with Gasteiger partial charge in [-0.15, -0.1) is 0 Å². The van der Waals surface area contributed by atoms with E-state index >= 15 is 0 Å². The zero-order chi connectivity index (χ0) is 18.7. The number of nitrogens with two attached hydrogens (primary N) is 1. The van der Waals surface area contributed by atoms with Crippen LogP contribution in [0.1, 0.15) is 19.3 Å². The minimum absolute atomic E-state index is 0.0571. The second kappa shape index (κ2) is 7.71. The van der Waals surface area contributed by atoms with Gasteiger partial charge < -0.3 is 10.2 Å². The van der Waals surface area contributed by atoms with Crippen LogP contribution < -0.4 is 10.5 Å². The number of likely N-dealkylation sites (tertiary alicyclic amines) is 1. The van der Waals surface area contributed by atoms with Crippen molar-refractivity contribution >= 4 is 21.6 Å². The molecule has 6 nitrogen and oxygen atoms in total. The lowest BCUT2D eigenvalue weighted by molar-refractivity contribution is -0.186. The average molecular weight is 379 g/mol. The highest BCUT2D eigenvalue weighted by Crippen LogP contribution is 2.33. The SMILES string of the molecule is NS(=O)(=O)c1ccc(NC(=O)CCN2CCC[C@H](C(F)(F)F)C2)cc1. The predicted octanol–water partition coefficient (Wildman–Crippen LogP) is 1.94. The molecular formula is C15H20F3N3O3S. The van der Waals surface area contributed by atoms with Gasteiger partial charge in [0.2, 0.25) is 15.9 Å². The Morgan fingerprint density at radius 2 is 1.92 bits per heavy atom. The molecule has 25 heavy (non-hydrogen) atoms. The number of amides is 1. The maximum atomic E-state index is 12.8. The molecule has 2 rings (SSSR count). The van der Waals surface area contributed by atoms with Crippen molar-refractivity contribution in [2.75, 3.05) is 25.0 Å². The van der Waals surface area contributed by atoms with Crippen LogP contribution in [0.5, 0.6) is 0 Å². The molecule has 0 bridgehead atoms. The van der Waals surface area contributed by atoms with Crippen LogP contribution in [0.4, 0.5) is 18.9 Å². The summed E-state index contributed by atoms with van der Waals surface area (Å²) < 4.78 is 60.6. The molecule has 1 amide bonds. The first-order chi connectivity index (χ1) is 11.6. The summed E-state index contributed by atoms with van der Waals surface area (Å²) in [7, 11) is -3.80. The average Bonchev–Trinajstić information content (AvgIpc) is 2.52. The minimum atomic E-state index is -4.20. The number of rotatable bonds is 5. The van der Waals surface area contributed by atoms with Crippen molar-refractivity contribution in [3.05, 3.63) is 24.3 Å². The molecule has 0 spiro atoms. The lowest BCUT2D eigenvalue weighted by Gasteiger charge is -2.33. The summed E-state index contributed by atoms with van der Waals surface area (Å²) in [4.78, 5) is 13.5. The lowest BCUT2D eigenvalue weighted by Crippen LogP contribution is -2.42. The van der Waals surface area contributed by atoms with Gasteiger partial charge >= 0.3 is 6.18 Å². The Hall–Kier alpha value is -1.65. The Labute approximate surface area is 144 Å². The molecule has 1 fully saturated rings. The minimum Gasteiger partial charge on any atom is -0.326 e. The van der Waals surface area contributed by atoms with E-state index in [0.29, 0.717) is 18.7 Å². The van der Waals surface area contributed by atoms with Crippen molar-refractivity contribution in [3.8, 4) is 0 Å². The summed E-state index contributed by atoms with van der Waals surface area (Å²) in [6.45, 7) is 0.705. The molecule has 1 atom stereocenters. The number of hydrogen-bond acceptors (Lipinski definition) is 4. The quantitative estimate of drug-likeness (QED) is 0.818. The zero-order valence-electron chi connectivity index (χ0n) is 13.4. The largest absolute Gasteiger partial charge is 0.393 e. The lowest BCUT2D eigenvalue weighted by atomic mass is 9.97. The van der Waals surface area contributed by atoms with Gasteiger partial charge in [0.05, 0.1) is 10.8 Å². The van der Waals surface area contributed by atoms with E-state index in [9.17, 15) is 26.4 Å². The Kier molecular flexibility index (Phi) is 6.07. The Morgan fingerprint density at radius 1 is 1.28 bits per heavy atom. The first-order valence-corrected chi connectivity index (χ1v) is 9.32. The fourth-order valence-corrected chi connectivity index (χ4v) is 3.25. The number of sulfonamides is 1. The van der Waals surface area contributed by atoms with Gasteiger partial charge in [-0.1, -0.05) is 0 Å². The first-order valence-electron chi connectivity index (χ1n) is 7.77. The van der Waals surface area contributed by atoms with Crippen LogP contribution >= 0.6 is 0 Å². The number of primary sulfonamides is 1. The van der Waals surface area contributed by atoms with E-state index in [4.69, 9.17) is 5.14 Å². The van der Waals surface area contributed by atoms with E-state index in [-0.39, 0.29) is 36.7 Å². The number of nitrogens with zero attached hydrogens (tertiary/aromatic N) is 1. The normalized spacial score (nSPS) is 19.6. The van der Waals surface area contributed by atoms with Gasteiger partial charge in [0.15, 0.2) is 0 Å². The van der Waals surface area contributed by atoms with Gasteiger partial charge in [-0.05, 0) is 43.7 Å². The van der Waals surface area contributed by atoms with E-state index in [0.717, 1.165) is 0 Å². The third-order valence-electron chi connectivity index (χ3n) is 4.09. The molecule has 1 aromatic carbocycles. The number of nitrogens with one attached hydrogen (secondary N) is 1. The predicted molar refractivity (Wildman–Crippen MR) is 86.3 cm³/mol. The molecule has 10 heteroatoms. The summed E-state index contributed by atoms with van der Waals surface area (Å²) >= 11 is 0. The van der Waals surface area contributed by atoms with Crippen molar-refractivity contribution in [2.24, 2.45) is 11.1 Å². The van der Waals surface area contributed by atoms with Gasteiger partial charge in [-0.2, -0.15) is 13.2 Å². The fraction of sp³-hybridized carbons (Fsp3) is 0.533. The van der Waals surface area contributed by atoms with Gasteiger partial charge in [0, 0.05) is 25.2 Å². The number of carbonyl (C=O) groups excluding carboxylic acids is 1. The second-order valence-electron chi connectivity index (χ2n) is 6.05. The summed E-state index contributed by atoms with van der Waals surface area (Å²) in [5.41, 5.74) is 0.393. The molecule has 1 saturated heterocycles. The molecule has 0 radical (unpaired) electrons. The van der Waals surface area contributed by atoms with Crippen LogP contribution in [0.3, 0.4) is 0 Å². The van der Waals surface area contributed by atoms with Crippen molar-refractivity contribution in [1.82, 2.24) is 4.90 Å². The van der Waals surface area contributed by atoms with E-state index in [1.54, 1.807) is 4.90 Å². The van der Waals surface area contributed by atoms with Gasteiger partial charge in [-0.3, -0.25) is 4.79 Å². The highest BCUT2D eigenvalue weighted by atomic mass is 32.2. The number of benzene rings is 1. The molecule has 0 aromatic heterocycles. The van der Waals surface area contributed by atoms with Crippen LogP contribution in [0.25, 0.3) is 0 Å². The molecule has 1 aromatic rings. The molecular weight excluding hydrogens is 359 g/mol. The highest BCUT2D eigenvalue weighted by Gasteiger charge is 2.41. The van der Waals surface area contributed by atoms with Gasteiger partial charge in [-0.25, -0.2) is 13.6 Å². The van der Waals surface area contributed by atoms with Crippen molar-refractivity contribution in [3.63, 3.8) is 0 Å². The number of alkyl halides is 3. The van der Waals surface area contributed by atoms with E-state index in [1.165, 1.54) is 24.3 Å². The number of piperidine rings is 1. The zero-order valence-corrected chi connectivity index (χ0v) is 14.2. The molecule has 1 heterocycles. The monoisotopic (exact) mass is 379 g/mol. The van der Waals surface area contributed by atoms with Crippen LogP contribution in [-0.2, 0) is 14.8 Å². The maximum Gasteiger partial charge on any atom is 0.393 e. The number of halogens is 3. The van der Waals surface area contributed by atoms with E-state index in [2.05, 4.69) is 5.32 Å². The molecule has 0 saturated carbocycles. The molecule has 0 aliphatic carbocycles. The third-order valence-corrected chi connectivity index (χ3v) is 5.02. The van der Waals surface area contributed by atoms with Gasteiger partial charge in [0.1, 0.15) is 0 Å². The van der Waals surface area contributed by atoms with Crippen LogP contribution in [0.2, 0.25) is 0 Å². The smallest absolute Gasteiger partial charge is 0.326 e. The molecule has 140 valence electrons. The van der Waals surface area contributed by atoms with Crippen LogP contribution in [0.15, 0.2) is 29.2 Å². The Balaban J connectivity index is 1.82. The summed E-state index contributed by atoms with van der Waals surface area (Å²) in [6, 6.07) is 5.34. The molecule has 3 N–H and O–H groups in total. The van der Waals surface area contributed by atoms with Crippen molar-refractivity contribution in [2.45, 2.75) is 30.3 Å². The Bertz CT molecular complexity index is 705. The molecule has 0 unspecified atom stereocenters. The highest BCUT2D eigenvalue weighted by molar-refractivity contribution is 7.89. The third kappa shape index (κ3) is 5.98. The van der Waals surface area contributed by atoms with Gasteiger partial charge in [0.25, 0.3) is 0 Å². The molecule has 1 aliphatic heterocycles. The Morgan fingerprint density at radius 3 is 2.48 bits per heavy atom. The number of anilines is 1. The summed E-state index contributed by atoms with van der Waals surface area (Å²) in [5, 5.41) is 7.56. The van der Waals surface area contributed by atoms with Crippen LogP contribution in [-0.4, -0.2) is 45.0 Å². The van der Waals surface area contributed by atoms with E-state index < -0.39 is 22.1 Å². The number of carbonyl (C=O) groups is 1. The van der Waals surface area contributed by atoms with E-state index in [1.807, 2.05) is 0 Å². The van der Waals surface area contributed by atoms with Crippen molar-refractivity contribution < 1.29 is 26.4 Å². The summed E-state index contributed by atoms with van der Waals surface area (Å²) in [6.07, 6.45) is -3.56. The van der Waals surface area contributed by atoms with Crippen molar-refractivity contribution in [1.29, 1.82) is 0 Å². The van der Waals surface area contributed by atoms with Crippen LogP contribution in [0, 0.1) is 5.92 Å². The molecule has 1 aliphatic rings. The first kappa shape index (κ1) is 19.7. The fourth-order valence-electron chi connectivity index (χ4n) is 2.74.